The van der Waals surface area contributed by atoms with Gasteiger partial charge in [0, 0.05) is 4.47 Å². The summed E-state index contributed by atoms with van der Waals surface area (Å²) in [4.78, 5) is 23.9. The van der Waals surface area contributed by atoms with Gasteiger partial charge in [-0.15, -0.1) is 0 Å². The first-order chi connectivity index (χ1) is 11.3. The number of nitrogens with one attached hydrogen (secondary N) is 1. The van der Waals surface area contributed by atoms with Crippen LogP contribution < -0.4 is 10.1 Å². The second kappa shape index (κ2) is 7.57. The van der Waals surface area contributed by atoms with Crippen LogP contribution in [0.2, 0.25) is 0 Å². The standard InChI is InChI=1S/C18H17BrFNO3/c1-10-4-6-16(15(19)8-10)21-18(23)12(3)24-17-7-5-13(20)9-14(17)11(2)22/h4-9,12H,1-3H3,(H,21,23)/t12-/m1/s1. The van der Waals surface area contributed by atoms with Gasteiger partial charge in [0.2, 0.25) is 0 Å². The van der Waals surface area contributed by atoms with E-state index in [1.165, 1.54) is 19.1 Å². The Morgan fingerprint density at radius 2 is 1.92 bits per heavy atom. The van der Waals surface area contributed by atoms with Gasteiger partial charge in [0.1, 0.15) is 11.6 Å². The number of ketones is 1. The van der Waals surface area contributed by atoms with Crippen LogP contribution in [0.5, 0.6) is 5.75 Å². The van der Waals surface area contributed by atoms with Crippen molar-refractivity contribution < 1.29 is 18.7 Å². The molecule has 126 valence electrons. The molecule has 0 heterocycles. The second-order valence-electron chi connectivity index (χ2n) is 5.43. The minimum absolute atomic E-state index is 0.103. The molecule has 0 aliphatic carbocycles. The third-order valence-corrected chi connectivity index (χ3v) is 4.03. The van der Waals surface area contributed by atoms with E-state index in [0.29, 0.717) is 5.69 Å². The predicted octanol–water partition coefficient (Wildman–Crippen LogP) is 4.51. The summed E-state index contributed by atoms with van der Waals surface area (Å²) in [6.45, 7) is 4.82. The summed E-state index contributed by atoms with van der Waals surface area (Å²) in [6.07, 6.45) is -0.859. The zero-order chi connectivity index (χ0) is 17.9. The number of hydrogen-bond donors (Lipinski definition) is 1. The molecule has 1 N–H and O–H groups in total. The lowest BCUT2D eigenvalue weighted by Crippen LogP contribution is -2.30. The topological polar surface area (TPSA) is 55.4 Å². The molecule has 4 nitrogen and oxygen atoms in total. The molecule has 1 amide bonds. The number of carbonyl (C=O) groups excluding carboxylic acids is 2. The van der Waals surface area contributed by atoms with Gasteiger partial charge in [0.25, 0.3) is 5.91 Å². The van der Waals surface area contributed by atoms with E-state index in [-0.39, 0.29) is 23.0 Å². The number of rotatable bonds is 5. The zero-order valence-corrected chi connectivity index (χ0v) is 15.1. The van der Waals surface area contributed by atoms with Gasteiger partial charge < -0.3 is 10.1 Å². The van der Waals surface area contributed by atoms with Crippen molar-refractivity contribution in [3.8, 4) is 5.75 Å². The number of aryl methyl sites for hydroxylation is 1. The Morgan fingerprint density at radius 3 is 2.54 bits per heavy atom. The Labute approximate surface area is 148 Å². The Balaban J connectivity index is 2.13. The normalized spacial score (nSPS) is 11.7. The molecule has 2 aromatic rings. The predicted molar refractivity (Wildman–Crippen MR) is 94.0 cm³/mol. The third kappa shape index (κ3) is 4.41. The molecule has 0 saturated carbocycles. The van der Waals surface area contributed by atoms with E-state index in [2.05, 4.69) is 21.2 Å². The lowest BCUT2D eigenvalue weighted by atomic mass is 10.1. The fourth-order valence-electron chi connectivity index (χ4n) is 2.08. The molecule has 0 unspecified atom stereocenters. The number of carbonyl (C=O) groups is 2. The van der Waals surface area contributed by atoms with Crippen LogP contribution in [0.3, 0.4) is 0 Å². The largest absolute Gasteiger partial charge is 0.480 e. The average Bonchev–Trinajstić information content (AvgIpc) is 2.51. The summed E-state index contributed by atoms with van der Waals surface area (Å²) < 4.78 is 19.6. The SMILES string of the molecule is CC(=O)c1cc(F)ccc1O[C@H](C)C(=O)Nc1ccc(C)cc1Br. The monoisotopic (exact) mass is 393 g/mol. The number of ether oxygens (including phenoxy) is 1. The van der Waals surface area contributed by atoms with E-state index >= 15 is 0 Å². The van der Waals surface area contributed by atoms with Crippen LogP contribution in [0.15, 0.2) is 40.9 Å². The summed E-state index contributed by atoms with van der Waals surface area (Å²) in [6, 6.07) is 9.16. The molecule has 0 saturated heterocycles. The van der Waals surface area contributed by atoms with Gasteiger partial charge in [-0.1, -0.05) is 6.07 Å². The van der Waals surface area contributed by atoms with Crippen molar-refractivity contribution in [2.75, 3.05) is 5.32 Å². The van der Waals surface area contributed by atoms with E-state index in [1.54, 1.807) is 13.0 Å². The van der Waals surface area contributed by atoms with Crippen LogP contribution in [-0.2, 0) is 4.79 Å². The van der Waals surface area contributed by atoms with Crippen LogP contribution in [-0.4, -0.2) is 17.8 Å². The third-order valence-electron chi connectivity index (χ3n) is 3.38. The van der Waals surface area contributed by atoms with Crippen LogP contribution in [0.4, 0.5) is 10.1 Å². The number of Topliss-reactive ketones (excluding diaryl/α,β-unsaturated/α-hetero) is 1. The van der Waals surface area contributed by atoms with Crippen molar-refractivity contribution >= 4 is 33.3 Å². The minimum Gasteiger partial charge on any atom is -0.480 e. The van der Waals surface area contributed by atoms with Gasteiger partial charge in [-0.05, 0) is 72.6 Å². The molecule has 1 atom stereocenters. The minimum atomic E-state index is -0.859. The number of anilines is 1. The average molecular weight is 394 g/mol. The van der Waals surface area contributed by atoms with Gasteiger partial charge >= 0.3 is 0 Å². The van der Waals surface area contributed by atoms with Crippen molar-refractivity contribution in [1.29, 1.82) is 0 Å². The summed E-state index contributed by atoms with van der Waals surface area (Å²) in [7, 11) is 0. The van der Waals surface area contributed by atoms with Gasteiger partial charge in [-0.2, -0.15) is 0 Å². The Kier molecular flexibility index (Phi) is 5.72. The highest BCUT2D eigenvalue weighted by Crippen LogP contribution is 2.25. The molecule has 0 fully saturated rings. The maximum absolute atomic E-state index is 13.3. The van der Waals surface area contributed by atoms with Gasteiger partial charge in [0.15, 0.2) is 11.9 Å². The first-order valence-corrected chi connectivity index (χ1v) is 8.11. The molecule has 0 aliphatic heterocycles. The summed E-state index contributed by atoms with van der Waals surface area (Å²) in [5.74, 6) is -1.07. The van der Waals surface area contributed by atoms with E-state index < -0.39 is 11.9 Å². The highest BCUT2D eigenvalue weighted by molar-refractivity contribution is 9.10. The fourth-order valence-corrected chi connectivity index (χ4v) is 2.67. The highest BCUT2D eigenvalue weighted by Gasteiger charge is 2.19. The molecule has 0 aromatic heterocycles. The number of amides is 1. The lowest BCUT2D eigenvalue weighted by Gasteiger charge is -2.17. The van der Waals surface area contributed by atoms with Gasteiger partial charge in [0.05, 0.1) is 11.3 Å². The zero-order valence-electron chi connectivity index (χ0n) is 13.5. The van der Waals surface area contributed by atoms with E-state index in [9.17, 15) is 14.0 Å². The highest BCUT2D eigenvalue weighted by atomic mass is 79.9. The molecule has 6 heteroatoms. The first kappa shape index (κ1) is 18.1. The smallest absolute Gasteiger partial charge is 0.265 e. The molecule has 0 radical (unpaired) electrons. The van der Waals surface area contributed by atoms with E-state index in [4.69, 9.17) is 4.74 Å². The van der Waals surface area contributed by atoms with Crippen LogP contribution in [0.1, 0.15) is 29.8 Å². The van der Waals surface area contributed by atoms with Gasteiger partial charge in [-0.3, -0.25) is 9.59 Å². The number of halogens is 2. The molecule has 2 aromatic carbocycles. The molecule has 0 aliphatic rings. The maximum atomic E-state index is 13.3. The van der Waals surface area contributed by atoms with Crippen molar-refractivity contribution in [3.05, 3.63) is 57.8 Å². The fraction of sp³-hybridized carbons (Fsp3) is 0.222. The van der Waals surface area contributed by atoms with Gasteiger partial charge in [-0.25, -0.2) is 4.39 Å². The molecule has 2 rings (SSSR count). The Hall–Kier alpha value is -2.21. The van der Waals surface area contributed by atoms with Crippen LogP contribution >= 0.6 is 15.9 Å². The molecule has 0 bridgehead atoms. The summed E-state index contributed by atoms with van der Waals surface area (Å²) >= 11 is 3.39. The number of benzene rings is 2. The molecule has 0 spiro atoms. The van der Waals surface area contributed by atoms with Crippen molar-refractivity contribution in [2.24, 2.45) is 0 Å². The Morgan fingerprint density at radius 1 is 1.21 bits per heavy atom. The number of hydrogen-bond acceptors (Lipinski definition) is 3. The van der Waals surface area contributed by atoms with E-state index in [1.807, 2.05) is 19.1 Å². The Bertz CT molecular complexity index is 792. The summed E-state index contributed by atoms with van der Waals surface area (Å²) in [5.41, 5.74) is 1.78. The maximum Gasteiger partial charge on any atom is 0.265 e. The van der Waals surface area contributed by atoms with Crippen LogP contribution in [0, 0.1) is 12.7 Å². The van der Waals surface area contributed by atoms with Crippen molar-refractivity contribution in [2.45, 2.75) is 26.9 Å². The summed E-state index contributed by atoms with van der Waals surface area (Å²) in [5, 5.41) is 2.75. The molecular formula is C18H17BrFNO3. The van der Waals surface area contributed by atoms with E-state index in [0.717, 1.165) is 16.1 Å². The molecular weight excluding hydrogens is 377 g/mol. The second-order valence-corrected chi connectivity index (χ2v) is 6.28. The van der Waals surface area contributed by atoms with Crippen molar-refractivity contribution in [1.82, 2.24) is 0 Å². The van der Waals surface area contributed by atoms with Crippen LogP contribution in [0.25, 0.3) is 0 Å². The quantitative estimate of drug-likeness (QED) is 0.760. The lowest BCUT2D eigenvalue weighted by molar-refractivity contribution is -0.122. The first-order valence-electron chi connectivity index (χ1n) is 7.32. The molecule has 24 heavy (non-hydrogen) atoms. The van der Waals surface area contributed by atoms with Crippen molar-refractivity contribution in [3.63, 3.8) is 0 Å².